The molecule has 17 heavy (non-hydrogen) atoms. The van der Waals surface area contributed by atoms with Crippen LogP contribution in [0.4, 0.5) is 0 Å². The minimum Gasteiger partial charge on any atom is -0.481 e. The van der Waals surface area contributed by atoms with Gasteiger partial charge in [-0.05, 0) is 29.2 Å². The molecular formula is C14H14ClNO. The van der Waals surface area contributed by atoms with Gasteiger partial charge in [0.25, 0.3) is 0 Å². The molecule has 2 rings (SSSR count). The summed E-state index contributed by atoms with van der Waals surface area (Å²) in [5.74, 6) is 0.534. The van der Waals surface area contributed by atoms with E-state index < -0.39 is 0 Å². The van der Waals surface area contributed by atoms with Crippen molar-refractivity contribution in [2.75, 3.05) is 7.11 Å². The van der Waals surface area contributed by atoms with Crippen LogP contribution in [0.1, 0.15) is 12.5 Å². The summed E-state index contributed by atoms with van der Waals surface area (Å²) in [6, 6.07) is 12.1. The van der Waals surface area contributed by atoms with Gasteiger partial charge in [-0.2, -0.15) is 0 Å². The van der Waals surface area contributed by atoms with Gasteiger partial charge in [-0.1, -0.05) is 42.8 Å². The molecule has 0 N–H and O–H groups in total. The van der Waals surface area contributed by atoms with E-state index in [0.29, 0.717) is 11.0 Å². The van der Waals surface area contributed by atoms with Crippen LogP contribution in [-0.4, -0.2) is 12.1 Å². The average molecular weight is 248 g/mol. The van der Waals surface area contributed by atoms with Crippen molar-refractivity contribution in [2.24, 2.45) is 0 Å². The number of aryl methyl sites for hydroxylation is 1. The SMILES string of the molecule is CCc1ccc(-c2cc(Cl)nc(OC)c2)cc1. The number of methoxy groups -OCH3 is 1. The van der Waals surface area contributed by atoms with Gasteiger partial charge in [-0.25, -0.2) is 4.98 Å². The standard InChI is InChI=1S/C14H14ClNO/c1-3-10-4-6-11(7-5-10)12-8-13(15)16-14(9-12)17-2/h4-9H,3H2,1-2H3. The Hall–Kier alpha value is -1.54. The molecule has 0 unspecified atom stereocenters. The molecular weight excluding hydrogens is 234 g/mol. The Morgan fingerprint density at radius 3 is 2.41 bits per heavy atom. The van der Waals surface area contributed by atoms with Crippen LogP contribution in [-0.2, 0) is 6.42 Å². The average Bonchev–Trinajstić information content (AvgIpc) is 2.38. The first-order valence-corrected chi connectivity index (χ1v) is 5.91. The number of hydrogen-bond donors (Lipinski definition) is 0. The van der Waals surface area contributed by atoms with E-state index in [-0.39, 0.29) is 0 Å². The highest BCUT2D eigenvalue weighted by Gasteiger charge is 2.03. The van der Waals surface area contributed by atoms with Crippen LogP contribution in [0.5, 0.6) is 5.88 Å². The fourth-order valence-corrected chi connectivity index (χ4v) is 1.88. The van der Waals surface area contributed by atoms with Crippen LogP contribution in [0.15, 0.2) is 36.4 Å². The minimum atomic E-state index is 0.443. The molecule has 0 spiro atoms. The normalized spacial score (nSPS) is 10.3. The number of ether oxygens (including phenoxy) is 1. The Balaban J connectivity index is 2.41. The molecule has 88 valence electrons. The Bertz CT molecular complexity index is 508. The van der Waals surface area contributed by atoms with Crippen molar-refractivity contribution in [3.63, 3.8) is 0 Å². The predicted octanol–water partition coefficient (Wildman–Crippen LogP) is 3.97. The van der Waals surface area contributed by atoms with Crippen LogP contribution in [0.2, 0.25) is 5.15 Å². The molecule has 3 heteroatoms. The van der Waals surface area contributed by atoms with Gasteiger partial charge in [0.2, 0.25) is 5.88 Å². The Morgan fingerprint density at radius 1 is 1.12 bits per heavy atom. The van der Waals surface area contributed by atoms with Crippen molar-refractivity contribution in [2.45, 2.75) is 13.3 Å². The number of nitrogens with zero attached hydrogens (tertiary/aromatic N) is 1. The van der Waals surface area contributed by atoms with Crippen molar-refractivity contribution in [1.82, 2.24) is 4.98 Å². The van der Waals surface area contributed by atoms with Crippen LogP contribution in [0.25, 0.3) is 11.1 Å². The van der Waals surface area contributed by atoms with Gasteiger partial charge in [-0.3, -0.25) is 0 Å². The number of rotatable bonds is 3. The second kappa shape index (κ2) is 5.19. The number of pyridine rings is 1. The topological polar surface area (TPSA) is 22.1 Å². The molecule has 0 fully saturated rings. The van der Waals surface area contributed by atoms with Crippen LogP contribution in [0, 0.1) is 0 Å². The van der Waals surface area contributed by atoms with Crippen LogP contribution >= 0.6 is 11.6 Å². The van der Waals surface area contributed by atoms with Crippen LogP contribution < -0.4 is 4.74 Å². The molecule has 2 aromatic rings. The highest BCUT2D eigenvalue weighted by molar-refractivity contribution is 6.29. The first-order chi connectivity index (χ1) is 8.22. The fraction of sp³-hybridized carbons (Fsp3) is 0.214. The number of halogens is 1. The lowest BCUT2D eigenvalue weighted by atomic mass is 10.0. The summed E-state index contributed by atoms with van der Waals surface area (Å²) >= 11 is 5.95. The van der Waals surface area contributed by atoms with Gasteiger partial charge in [0.05, 0.1) is 7.11 Å². The summed E-state index contributed by atoms with van der Waals surface area (Å²) in [5, 5.41) is 0.443. The summed E-state index contributed by atoms with van der Waals surface area (Å²) in [7, 11) is 1.59. The molecule has 0 bridgehead atoms. The van der Waals surface area contributed by atoms with E-state index in [1.165, 1.54) is 5.56 Å². The Kier molecular flexibility index (Phi) is 3.64. The molecule has 1 heterocycles. The van der Waals surface area contributed by atoms with Crippen molar-refractivity contribution in [3.8, 4) is 17.0 Å². The van der Waals surface area contributed by atoms with Gasteiger partial charge in [0, 0.05) is 6.07 Å². The fourth-order valence-electron chi connectivity index (χ4n) is 1.68. The summed E-state index contributed by atoms with van der Waals surface area (Å²) in [6.45, 7) is 2.14. The van der Waals surface area contributed by atoms with Gasteiger partial charge < -0.3 is 4.74 Å². The third-order valence-corrected chi connectivity index (χ3v) is 2.87. The van der Waals surface area contributed by atoms with Gasteiger partial charge in [-0.15, -0.1) is 0 Å². The lowest BCUT2D eigenvalue weighted by Gasteiger charge is -2.06. The Labute approximate surface area is 106 Å². The van der Waals surface area contributed by atoms with Gasteiger partial charge >= 0.3 is 0 Å². The predicted molar refractivity (Wildman–Crippen MR) is 70.6 cm³/mol. The number of aromatic nitrogens is 1. The first-order valence-electron chi connectivity index (χ1n) is 5.54. The summed E-state index contributed by atoms with van der Waals surface area (Å²) < 4.78 is 5.11. The van der Waals surface area contributed by atoms with E-state index in [4.69, 9.17) is 16.3 Å². The zero-order chi connectivity index (χ0) is 12.3. The second-order valence-corrected chi connectivity index (χ2v) is 4.16. The van der Waals surface area contributed by atoms with E-state index in [2.05, 4.69) is 36.2 Å². The van der Waals surface area contributed by atoms with E-state index in [1.54, 1.807) is 7.11 Å². The highest BCUT2D eigenvalue weighted by atomic mass is 35.5. The zero-order valence-corrected chi connectivity index (χ0v) is 10.7. The molecule has 0 saturated carbocycles. The highest BCUT2D eigenvalue weighted by Crippen LogP contribution is 2.26. The van der Waals surface area contributed by atoms with E-state index >= 15 is 0 Å². The molecule has 0 radical (unpaired) electrons. The van der Waals surface area contributed by atoms with Crippen molar-refractivity contribution in [1.29, 1.82) is 0 Å². The summed E-state index contributed by atoms with van der Waals surface area (Å²) in [6.07, 6.45) is 1.04. The molecule has 1 aromatic heterocycles. The molecule has 0 amide bonds. The molecule has 0 atom stereocenters. The van der Waals surface area contributed by atoms with Crippen molar-refractivity contribution >= 4 is 11.6 Å². The van der Waals surface area contributed by atoms with Gasteiger partial charge in [0.1, 0.15) is 5.15 Å². The number of hydrogen-bond acceptors (Lipinski definition) is 2. The molecule has 2 nitrogen and oxygen atoms in total. The molecule has 0 aliphatic rings. The Morgan fingerprint density at radius 2 is 1.82 bits per heavy atom. The largest absolute Gasteiger partial charge is 0.481 e. The third kappa shape index (κ3) is 2.77. The lowest BCUT2D eigenvalue weighted by molar-refractivity contribution is 0.398. The van der Waals surface area contributed by atoms with E-state index in [9.17, 15) is 0 Å². The van der Waals surface area contributed by atoms with E-state index in [0.717, 1.165) is 17.5 Å². The van der Waals surface area contributed by atoms with Crippen LogP contribution in [0.3, 0.4) is 0 Å². The monoisotopic (exact) mass is 247 g/mol. The maximum absolute atomic E-state index is 5.95. The minimum absolute atomic E-state index is 0.443. The lowest BCUT2D eigenvalue weighted by Crippen LogP contribution is -1.89. The van der Waals surface area contributed by atoms with Gasteiger partial charge in [0.15, 0.2) is 0 Å². The quantitative estimate of drug-likeness (QED) is 0.766. The smallest absolute Gasteiger partial charge is 0.214 e. The maximum atomic E-state index is 5.95. The number of benzene rings is 1. The van der Waals surface area contributed by atoms with Crippen molar-refractivity contribution in [3.05, 3.63) is 47.1 Å². The second-order valence-electron chi connectivity index (χ2n) is 3.77. The summed E-state index contributed by atoms with van der Waals surface area (Å²) in [4.78, 5) is 4.05. The zero-order valence-electron chi connectivity index (χ0n) is 9.90. The van der Waals surface area contributed by atoms with E-state index in [1.807, 2.05) is 12.1 Å². The van der Waals surface area contributed by atoms with Crippen molar-refractivity contribution < 1.29 is 4.74 Å². The molecule has 0 saturated heterocycles. The molecule has 0 aliphatic heterocycles. The maximum Gasteiger partial charge on any atom is 0.214 e. The molecule has 1 aromatic carbocycles. The summed E-state index contributed by atoms with van der Waals surface area (Å²) in [5.41, 5.74) is 3.45. The molecule has 0 aliphatic carbocycles. The first kappa shape index (κ1) is 11.9. The third-order valence-electron chi connectivity index (χ3n) is 2.68.